The minimum absolute atomic E-state index is 0.00334. The molecule has 4 N–H and O–H groups in total. The molecule has 4 nitrogen and oxygen atoms in total. The number of nitrogens with one attached hydrogen (secondary N) is 1. The Labute approximate surface area is 124 Å². The van der Waals surface area contributed by atoms with Crippen molar-refractivity contribution in [3.05, 3.63) is 64.7 Å². The van der Waals surface area contributed by atoms with Crippen LogP contribution in [0.3, 0.4) is 0 Å². The third kappa shape index (κ3) is 4.07. The second-order valence-electron chi connectivity index (χ2n) is 5.06. The maximum absolute atomic E-state index is 12.1. The minimum Gasteiger partial charge on any atom is -0.507 e. The smallest absolute Gasteiger partial charge is 0.255 e. The summed E-state index contributed by atoms with van der Waals surface area (Å²) in [5, 5.41) is 12.5. The van der Waals surface area contributed by atoms with Gasteiger partial charge in [-0.1, -0.05) is 35.9 Å². The first kappa shape index (κ1) is 15.1. The van der Waals surface area contributed by atoms with E-state index in [2.05, 4.69) is 5.32 Å². The second kappa shape index (κ2) is 6.90. The Balaban J connectivity index is 1.99. The summed E-state index contributed by atoms with van der Waals surface area (Å²) in [5.74, 6) is -0.279. The Hall–Kier alpha value is -2.33. The number of phenols is 1. The maximum atomic E-state index is 12.1. The Morgan fingerprint density at radius 3 is 2.48 bits per heavy atom. The van der Waals surface area contributed by atoms with E-state index in [1.54, 1.807) is 12.1 Å². The zero-order valence-corrected chi connectivity index (χ0v) is 12.1. The summed E-state index contributed by atoms with van der Waals surface area (Å²) in [6, 6.07) is 12.9. The van der Waals surface area contributed by atoms with Crippen LogP contribution in [0.25, 0.3) is 0 Å². The molecule has 1 amide bonds. The molecule has 0 aliphatic heterocycles. The third-order valence-corrected chi connectivity index (χ3v) is 3.31. The van der Waals surface area contributed by atoms with Gasteiger partial charge in [-0.3, -0.25) is 4.79 Å². The molecule has 0 heterocycles. The zero-order chi connectivity index (χ0) is 15.2. The molecule has 0 aliphatic carbocycles. The molecule has 0 saturated carbocycles. The number of carbonyl (C=O) groups is 1. The Kier molecular flexibility index (Phi) is 4.95. The SMILES string of the molecule is Cc1ccc(O)c(C(=O)NCc2ccc(CCN)cc2)c1. The highest BCUT2D eigenvalue weighted by Gasteiger charge is 2.10. The van der Waals surface area contributed by atoms with Gasteiger partial charge >= 0.3 is 0 Å². The molecule has 2 aromatic carbocycles. The molecule has 0 radical (unpaired) electrons. The Bertz CT molecular complexity index is 621. The molecule has 0 aliphatic rings. The van der Waals surface area contributed by atoms with Crippen LogP contribution in [-0.2, 0) is 13.0 Å². The predicted molar refractivity (Wildman–Crippen MR) is 83.2 cm³/mol. The average Bonchev–Trinajstić information content (AvgIpc) is 2.49. The van der Waals surface area contributed by atoms with Gasteiger partial charge in [0, 0.05) is 6.54 Å². The van der Waals surface area contributed by atoms with Gasteiger partial charge < -0.3 is 16.2 Å². The van der Waals surface area contributed by atoms with Crippen LogP contribution in [0.1, 0.15) is 27.0 Å². The number of rotatable bonds is 5. The number of amides is 1. The van der Waals surface area contributed by atoms with Crippen molar-refractivity contribution in [3.63, 3.8) is 0 Å². The number of carbonyl (C=O) groups excluding carboxylic acids is 1. The monoisotopic (exact) mass is 284 g/mol. The third-order valence-electron chi connectivity index (χ3n) is 3.31. The van der Waals surface area contributed by atoms with Gasteiger partial charge in [-0.05, 0) is 43.1 Å². The van der Waals surface area contributed by atoms with Crippen LogP contribution in [-0.4, -0.2) is 17.6 Å². The standard InChI is InChI=1S/C17H20N2O2/c1-12-2-7-16(20)15(10-12)17(21)19-11-14-5-3-13(4-6-14)8-9-18/h2-7,10,20H,8-9,11,18H2,1H3,(H,19,21). The Morgan fingerprint density at radius 2 is 1.81 bits per heavy atom. The molecule has 0 saturated heterocycles. The lowest BCUT2D eigenvalue weighted by molar-refractivity contribution is 0.0948. The van der Waals surface area contributed by atoms with E-state index in [1.807, 2.05) is 31.2 Å². The minimum atomic E-state index is -0.276. The molecule has 0 fully saturated rings. The van der Waals surface area contributed by atoms with Gasteiger partial charge in [-0.15, -0.1) is 0 Å². The molecule has 0 aromatic heterocycles. The van der Waals surface area contributed by atoms with Crippen LogP contribution < -0.4 is 11.1 Å². The highest BCUT2D eigenvalue weighted by atomic mass is 16.3. The maximum Gasteiger partial charge on any atom is 0.255 e. The van der Waals surface area contributed by atoms with Crippen molar-refractivity contribution in [2.45, 2.75) is 19.9 Å². The van der Waals surface area contributed by atoms with Crippen LogP contribution in [0.4, 0.5) is 0 Å². The van der Waals surface area contributed by atoms with Gasteiger partial charge in [0.25, 0.3) is 5.91 Å². The number of nitrogens with two attached hydrogens (primary N) is 1. The molecule has 0 bridgehead atoms. The molecule has 21 heavy (non-hydrogen) atoms. The first-order valence-corrected chi connectivity index (χ1v) is 6.96. The molecule has 4 heteroatoms. The summed E-state index contributed by atoms with van der Waals surface area (Å²) in [4.78, 5) is 12.1. The summed E-state index contributed by atoms with van der Waals surface area (Å²) in [5.41, 5.74) is 8.94. The second-order valence-corrected chi connectivity index (χ2v) is 5.06. The summed E-state index contributed by atoms with van der Waals surface area (Å²) in [7, 11) is 0. The van der Waals surface area contributed by atoms with E-state index in [4.69, 9.17) is 5.73 Å². The lowest BCUT2D eigenvalue weighted by Gasteiger charge is -2.08. The van der Waals surface area contributed by atoms with Crippen LogP contribution in [0, 0.1) is 6.92 Å². The molecule has 2 rings (SSSR count). The van der Waals surface area contributed by atoms with E-state index in [0.29, 0.717) is 18.7 Å². The highest BCUT2D eigenvalue weighted by molar-refractivity contribution is 5.96. The van der Waals surface area contributed by atoms with Gasteiger partial charge in [0.2, 0.25) is 0 Å². The molecule has 0 atom stereocenters. The van der Waals surface area contributed by atoms with Gasteiger partial charge in [0.1, 0.15) is 5.75 Å². The molecule has 110 valence electrons. The van der Waals surface area contributed by atoms with Crippen molar-refractivity contribution in [1.29, 1.82) is 0 Å². The fraction of sp³-hybridized carbons (Fsp3) is 0.235. The summed E-state index contributed by atoms with van der Waals surface area (Å²) < 4.78 is 0. The molecule has 0 unspecified atom stereocenters. The predicted octanol–water partition coefficient (Wildman–Crippen LogP) is 2.13. The van der Waals surface area contributed by atoms with Crippen LogP contribution in [0.15, 0.2) is 42.5 Å². The molecular formula is C17H20N2O2. The van der Waals surface area contributed by atoms with E-state index < -0.39 is 0 Å². The topological polar surface area (TPSA) is 75.3 Å². The number of aryl methyl sites for hydroxylation is 1. The van der Waals surface area contributed by atoms with Gasteiger partial charge in [0.15, 0.2) is 0 Å². The fourth-order valence-electron chi connectivity index (χ4n) is 2.10. The van der Waals surface area contributed by atoms with Crippen LogP contribution in [0.5, 0.6) is 5.75 Å². The number of hydrogen-bond donors (Lipinski definition) is 3. The van der Waals surface area contributed by atoms with Gasteiger partial charge in [-0.25, -0.2) is 0 Å². The number of aromatic hydroxyl groups is 1. The van der Waals surface area contributed by atoms with E-state index >= 15 is 0 Å². The normalized spacial score (nSPS) is 10.4. The quantitative estimate of drug-likeness (QED) is 0.787. The fourth-order valence-corrected chi connectivity index (χ4v) is 2.10. The number of phenolic OH excluding ortho intramolecular Hbond substituents is 1. The lowest BCUT2D eigenvalue weighted by atomic mass is 10.1. The summed E-state index contributed by atoms with van der Waals surface area (Å²) in [6.07, 6.45) is 0.851. The van der Waals surface area contributed by atoms with Crippen molar-refractivity contribution >= 4 is 5.91 Å². The zero-order valence-electron chi connectivity index (χ0n) is 12.1. The number of benzene rings is 2. The van der Waals surface area contributed by atoms with Gasteiger partial charge in [0.05, 0.1) is 5.56 Å². The van der Waals surface area contributed by atoms with Crippen molar-refractivity contribution in [3.8, 4) is 5.75 Å². The summed E-state index contributed by atoms with van der Waals surface area (Å²) >= 11 is 0. The van der Waals surface area contributed by atoms with E-state index in [1.165, 1.54) is 11.6 Å². The molecule has 2 aromatic rings. The van der Waals surface area contributed by atoms with E-state index in [-0.39, 0.29) is 11.7 Å². The van der Waals surface area contributed by atoms with Crippen molar-refractivity contribution < 1.29 is 9.90 Å². The van der Waals surface area contributed by atoms with Crippen molar-refractivity contribution in [1.82, 2.24) is 5.32 Å². The van der Waals surface area contributed by atoms with Crippen LogP contribution >= 0.6 is 0 Å². The number of hydrogen-bond acceptors (Lipinski definition) is 3. The Morgan fingerprint density at radius 1 is 1.14 bits per heavy atom. The average molecular weight is 284 g/mol. The molecule has 0 spiro atoms. The first-order chi connectivity index (χ1) is 10.1. The summed E-state index contributed by atoms with van der Waals surface area (Å²) in [6.45, 7) is 2.93. The molecular weight excluding hydrogens is 264 g/mol. The van der Waals surface area contributed by atoms with Crippen molar-refractivity contribution in [2.75, 3.05) is 6.54 Å². The highest BCUT2D eigenvalue weighted by Crippen LogP contribution is 2.18. The first-order valence-electron chi connectivity index (χ1n) is 6.96. The lowest BCUT2D eigenvalue weighted by Crippen LogP contribution is -2.23. The van der Waals surface area contributed by atoms with E-state index in [9.17, 15) is 9.90 Å². The van der Waals surface area contributed by atoms with Crippen LogP contribution in [0.2, 0.25) is 0 Å². The van der Waals surface area contributed by atoms with Crippen molar-refractivity contribution in [2.24, 2.45) is 5.73 Å². The largest absolute Gasteiger partial charge is 0.507 e. The van der Waals surface area contributed by atoms with E-state index in [0.717, 1.165) is 17.5 Å². The van der Waals surface area contributed by atoms with Gasteiger partial charge in [-0.2, -0.15) is 0 Å².